The van der Waals surface area contributed by atoms with Crippen LogP contribution in [0.3, 0.4) is 0 Å². The largest absolute Gasteiger partial charge is 0.392 e. The van der Waals surface area contributed by atoms with Crippen LogP contribution in [0.2, 0.25) is 0 Å². The smallest absolute Gasteiger partial charge is 0.226 e. The zero-order chi connectivity index (χ0) is 17.6. The monoisotopic (exact) mass is 338 g/mol. The maximum Gasteiger partial charge on any atom is 0.226 e. The van der Waals surface area contributed by atoms with Crippen LogP contribution in [0.4, 0.5) is 5.69 Å². The molecule has 0 bridgehead atoms. The van der Waals surface area contributed by atoms with Crippen LogP contribution in [0.15, 0.2) is 48.5 Å². The predicted octanol–water partition coefficient (Wildman–Crippen LogP) is 3.55. The van der Waals surface area contributed by atoms with E-state index in [4.69, 9.17) is 0 Å². The lowest BCUT2D eigenvalue weighted by atomic mass is 10.0. The van der Waals surface area contributed by atoms with E-state index in [0.29, 0.717) is 6.42 Å². The molecule has 1 fully saturated rings. The van der Waals surface area contributed by atoms with Gasteiger partial charge in [-0.2, -0.15) is 0 Å². The molecule has 3 rings (SSSR count). The first-order valence-corrected chi connectivity index (χ1v) is 9.00. The zero-order valence-electron chi connectivity index (χ0n) is 14.7. The number of rotatable bonds is 6. The van der Waals surface area contributed by atoms with Crippen LogP contribution in [-0.2, 0) is 17.9 Å². The third-order valence-electron chi connectivity index (χ3n) is 4.82. The summed E-state index contributed by atoms with van der Waals surface area (Å²) in [6, 6.07) is 16.5. The lowest BCUT2D eigenvalue weighted by Gasteiger charge is -2.27. The summed E-state index contributed by atoms with van der Waals surface area (Å²) >= 11 is 0. The Morgan fingerprint density at radius 3 is 2.64 bits per heavy atom. The molecular formula is C21H26N2O2. The molecule has 0 spiro atoms. The number of nitrogens with zero attached hydrogens (tertiary/aromatic N) is 1. The first kappa shape index (κ1) is 17.6. The molecule has 132 valence electrons. The summed E-state index contributed by atoms with van der Waals surface area (Å²) in [5.41, 5.74) is 4.29. The van der Waals surface area contributed by atoms with Gasteiger partial charge in [-0.3, -0.25) is 4.79 Å². The average molecular weight is 338 g/mol. The van der Waals surface area contributed by atoms with Crippen molar-refractivity contribution in [2.75, 3.05) is 11.4 Å². The molecule has 2 aromatic rings. The second kappa shape index (κ2) is 8.28. The van der Waals surface area contributed by atoms with Gasteiger partial charge in [-0.15, -0.1) is 0 Å². The molecule has 0 saturated carbocycles. The Labute approximate surface area is 149 Å². The van der Waals surface area contributed by atoms with Crippen molar-refractivity contribution in [3.05, 3.63) is 65.2 Å². The van der Waals surface area contributed by atoms with Crippen LogP contribution in [0, 0.1) is 0 Å². The number of carbonyl (C=O) groups is 1. The SMILES string of the molecule is CC(NCc1ccc(N2CCCCC2=O)cc1)c1cccc(CO)c1. The first-order chi connectivity index (χ1) is 12.2. The maximum absolute atomic E-state index is 12.0. The summed E-state index contributed by atoms with van der Waals surface area (Å²) in [6.07, 6.45) is 2.75. The Kier molecular flexibility index (Phi) is 5.84. The third-order valence-corrected chi connectivity index (χ3v) is 4.82. The number of hydrogen-bond acceptors (Lipinski definition) is 3. The van der Waals surface area contributed by atoms with Crippen LogP contribution in [0.1, 0.15) is 48.9 Å². The molecule has 1 saturated heterocycles. The minimum atomic E-state index is 0.0667. The lowest BCUT2D eigenvalue weighted by Crippen LogP contribution is -2.35. The van der Waals surface area contributed by atoms with Gasteiger partial charge in [-0.05, 0) is 48.6 Å². The summed E-state index contributed by atoms with van der Waals surface area (Å²) in [5, 5.41) is 12.8. The predicted molar refractivity (Wildman–Crippen MR) is 100 cm³/mol. The number of carbonyl (C=O) groups excluding carboxylic acids is 1. The first-order valence-electron chi connectivity index (χ1n) is 9.00. The molecule has 1 heterocycles. The Bertz CT molecular complexity index is 712. The van der Waals surface area contributed by atoms with Gasteiger partial charge in [0.25, 0.3) is 0 Å². The molecular weight excluding hydrogens is 312 g/mol. The number of amides is 1. The van der Waals surface area contributed by atoms with Gasteiger partial charge < -0.3 is 15.3 Å². The van der Waals surface area contributed by atoms with E-state index in [-0.39, 0.29) is 18.6 Å². The van der Waals surface area contributed by atoms with Gasteiger partial charge in [0.2, 0.25) is 5.91 Å². The van der Waals surface area contributed by atoms with Crippen molar-refractivity contribution < 1.29 is 9.90 Å². The van der Waals surface area contributed by atoms with E-state index in [9.17, 15) is 9.90 Å². The quantitative estimate of drug-likeness (QED) is 0.847. The molecule has 2 aromatic carbocycles. The molecule has 2 N–H and O–H groups in total. The van der Waals surface area contributed by atoms with Crippen molar-refractivity contribution in [1.29, 1.82) is 0 Å². The number of aliphatic hydroxyl groups is 1. The van der Waals surface area contributed by atoms with Gasteiger partial charge >= 0.3 is 0 Å². The molecule has 0 radical (unpaired) electrons. The normalized spacial score (nSPS) is 16.1. The highest BCUT2D eigenvalue weighted by Gasteiger charge is 2.19. The molecule has 1 atom stereocenters. The second-order valence-electron chi connectivity index (χ2n) is 6.67. The Balaban J connectivity index is 1.58. The van der Waals surface area contributed by atoms with Crippen LogP contribution in [0.25, 0.3) is 0 Å². The average Bonchev–Trinajstić information content (AvgIpc) is 2.67. The Morgan fingerprint density at radius 1 is 1.12 bits per heavy atom. The number of nitrogens with one attached hydrogen (secondary N) is 1. The van der Waals surface area contributed by atoms with Crippen molar-refractivity contribution >= 4 is 11.6 Å². The van der Waals surface area contributed by atoms with Crippen molar-refractivity contribution in [3.8, 4) is 0 Å². The van der Waals surface area contributed by atoms with E-state index in [1.54, 1.807) is 0 Å². The molecule has 1 aliphatic heterocycles. The minimum Gasteiger partial charge on any atom is -0.392 e. The molecule has 0 aromatic heterocycles. The molecule has 25 heavy (non-hydrogen) atoms. The Morgan fingerprint density at radius 2 is 1.92 bits per heavy atom. The maximum atomic E-state index is 12.0. The highest BCUT2D eigenvalue weighted by atomic mass is 16.3. The minimum absolute atomic E-state index is 0.0667. The zero-order valence-corrected chi connectivity index (χ0v) is 14.7. The topological polar surface area (TPSA) is 52.6 Å². The highest BCUT2D eigenvalue weighted by molar-refractivity contribution is 5.93. The van der Waals surface area contributed by atoms with Gasteiger partial charge in [0.1, 0.15) is 0 Å². The summed E-state index contributed by atoms with van der Waals surface area (Å²) in [4.78, 5) is 13.9. The summed E-state index contributed by atoms with van der Waals surface area (Å²) < 4.78 is 0. The van der Waals surface area contributed by atoms with Gasteiger partial charge in [-0.25, -0.2) is 0 Å². The molecule has 4 heteroatoms. The van der Waals surface area contributed by atoms with Crippen LogP contribution < -0.4 is 10.2 Å². The van der Waals surface area contributed by atoms with Crippen molar-refractivity contribution in [1.82, 2.24) is 5.32 Å². The van der Waals surface area contributed by atoms with Gasteiger partial charge in [0.05, 0.1) is 6.61 Å². The summed E-state index contributed by atoms with van der Waals surface area (Å²) in [5.74, 6) is 0.231. The Hall–Kier alpha value is -2.17. The second-order valence-corrected chi connectivity index (χ2v) is 6.67. The molecule has 4 nitrogen and oxygen atoms in total. The standard InChI is InChI=1S/C21H26N2O2/c1-16(19-6-4-5-18(13-19)15-24)22-14-17-8-10-20(11-9-17)23-12-3-2-7-21(23)25/h4-6,8-11,13,16,22,24H,2-3,7,12,14-15H2,1H3. The van der Waals surface area contributed by atoms with Crippen molar-refractivity contribution in [2.24, 2.45) is 0 Å². The highest BCUT2D eigenvalue weighted by Crippen LogP contribution is 2.22. The lowest BCUT2D eigenvalue weighted by molar-refractivity contribution is -0.119. The number of aliphatic hydroxyl groups excluding tert-OH is 1. The fourth-order valence-electron chi connectivity index (χ4n) is 3.22. The third kappa shape index (κ3) is 4.47. The molecule has 1 unspecified atom stereocenters. The van der Waals surface area contributed by atoms with E-state index in [1.807, 2.05) is 35.2 Å². The van der Waals surface area contributed by atoms with Crippen molar-refractivity contribution in [2.45, 2.75) is 45.4 Å². The van der Waals surface area contributed by atoms with Gasteiger partial charge in [0, 0.05) is 31.2 Å². The van der Waals surface area contributed by atoms with Gasteiger partial charge in [0.15, 0.2) is 0 Å². The fraction of sp³-hybridized carbons (Fsp3) is 0.381. The summed E-state index contributed by atoms with van der Waals surface area (Å²) in [7, 11) is 0. The fourth-order valence-corrected chi connectivity index (χ4v) is 3.22. The van der Waals surface area contributed by atoms with E-state index in [0.717, 1.165) is 37.2 Å². The molecule has 1 amide bonds. The van der Waals surface area contributed by atoms with Gasteiger partial charge in [-0.1, -0.05) is 36.4 Å². The summed E-state index contributed by atoms with van der Waals surface area (Å²) in [6.45, 7) is 3.78. The number of hydrogen-bond donors (Lipinski definition) is 2. The number of piperidine rings is 1. The van der Waals surface area contributed by atoms with E-state index in [2.05, 4.69) is 30.4 Å². The van der Waals surface area contributed by atoms with Crippen LogP contribution >= 0.6 is 0 Å². The number of anilines is 1. The van der Waals surface area contributed by atoms with Crippen molar-refractivity contribution in [3.63, 3.8) is 0 Å². The van der Waals surface area contributed by atoms with Crippen LogP contribution in [0.5, 0.6) is 0 Å². The van der Waals surface area contributed by atoms with E-state index in [1.165, 1.54) is 11.1 Å². The number of benzene rings is 2. The van der Waals surface area contributed by atoms with Crippen LogP contribution in [-0.4, -0.2) is 17.6 Å². The molecule has 1 aliphatic rings. The van der Waals surface area contributed by atoms with E-state index < -0.39 is 0 Å². The van der Waals surface area contributed by atoms with E-state index >= 15 is 0 Å². The molecule has 0 aliphatic carbocycles.